The lowest BCUT2D eigenvalue weighted by Crippen LogP contribution is -2.51. The number of carbonyl (C=O) groups is 1. The number of nitriles is 1. The van der Waals surface area contributed by atoms with Gasteiger partial charge in [-0.05, 0) is 25.0 Å². The first kappa shape index (κ1) is 24.4. The second-order valence-electron chi connectivity index (χ2n) is 8.46. The first-order valence-corrected chi connectivity index (χ1v) is 10.4. The summed E-state index contributed by atoms with van der Waals surface area (Å²) in [7, 11) is 3.86. The molecule has 2 rings (SSSR count). The van der Waals surface area contributed by atoms with Crippen LogP contribution >= 0.6 is 0 Å². The predicted octanol–water partition coefficient (Wildman–Crippen LogP) is 1.26. The lowest BCUT2D eigenvalue weighted by atomic mass is 9.86. The van der Waals surface area contributed by atoms with Crippen molar-refractivity contribution < 1.29 is 29.0 Å². The molecular weight excluding hydrogens is 404 g/mol. The number of ether oxygens (including phenoxy) is 1. The van der Waals surface area contributed by atoms with Crippen LogP contribution in [-0.2, 0) is 9.63 Å². The van der Waals surface area contributed by atoms with E-state index in [0.29, 0.717) is 48.3 Å². The molecular formula is C21H31N4O6+. The van der Waals surface area contributed by atoms with Crippen molar-refractivity contribution in [2.24, 2.45) is 5.92 Å². The molecule has 1 amide bonds. The van der Waals surface area contributed by atoms with Crippen molar-refractivity contribution in [2.45, 2.75) is 37.9 Å². The molecule has 10 heteroatoms. The minimum Gasteiger partial charge on any atom is -0.489 e. The number of nitrogens with one attached hydrogen (secondary N) is 1. The van der Waals surface area contributed by atoms with Crippen LogP contribution in [0.2, 0.25) is 0 Å². The number of likely N-dealkylation sites (N-methyl/N-ethyl adjacent to an activating group) is 1. The predicted molar refractivity (Wildman–Crippen MR) is 111 cm³/mol. The number of aliphatic hydroxyl groups excluding tert-OH is 1. The maximum Gasteiger partial charge on any atom is 0.294 e. The van der Waals surface area contributed by atoms with Crippen molar-refractivity contribution in [1.29, 1.82) is 5.26 Å². The normalized spacial score (nSPS) is 19.7. The largest absolute Gasteiger partial charge is 0.489 e. The monoisotopic (exact) mass is 435 g/mol. The number of carbonyl (C=O) groups excluding carboxylic acids is 1. The standard InChI is InChI=1S/C21H30N4O6/c1-25(2,14-17(26)15-30-19-9-5-3-7-16(19)13-22)12-11-23-21(27)18-8-4-6-10-20(18)31-24(28)29/h3,5,7,9,17-18,20,26H,4,6,8,10-12,14-15H2,1-2H3/p+1. The van der Waals surface area contributed by atoms with Crippen molar-refractivity contribution in [3.8, 4) is 11.8 Å². The molecule has 10 nitrogen and oxygen atoms in total. The fourth-order valence-electron chi connectivity index (χ4n) is 3.83. The second-order valence-corrected chi connectivity index (χ2v) is 8.46. The molecule has 0 aliphatic heterocycles. The molecule has 0 heterocycles. The van der Waals surface area contributed by atoms with E-state index >= 15 is 0 Å². The fraction of sp³-hybridized carbons (Fsp3) is 0.619. The van der Waals surface area contributed by atoms with Gasteiger partial charge in [0.1, 0.15) is 37.2 Å². The van der Waals surface area contributed by atoms with Gasteiger partial charge in [-0.15, -0.1) is 10.1 Å². The fourth-order valence-corrected chi connectivity index (χ4v) is 3.83. The summed E-state index contributed by atoms with van der Waals surface area (Å²) in [6, 6.07) is 8.89. The first-order valence-electron chi connectivity index (χ1n) is 10.4. The summed E-state index contributed by atoms with van der Waals surface area (Å²) >= 11 is 0. The summed E-state index contributed by atoms with van der Waals surface area (Å²) in [5.41, 5.74) is 0.410. The van der Waals surface area contributed by atoms with Gasteiger partial charge in [0.15, 0.2) is 0 Å². The Labute approximate surface area is 182 Å². The zero-order valence-corrected chi connectivity index (χ0v) is 18.0. The van der Waals surface area contributed by atoms with Crippen LogP contribution in [0.3, 0.4) is 0 Å². The van der Waals surface area contributed by atoms with Gasteiger partial charge in [-0.1, -0.05) is 25.0 Å². The van der Waals surface area contributed by atoms with Crippen molar-refractivity contribution in [3.63, 3.8) is 0 Å². The van der Waals surface area contributed by atoms with Crippen molar-refractivity contribution >= 4 is 5.91 Å². The van der Waals surface area contributed by atoms with Crippen molar-refractivity contribution in [3.05, 3.63) is 39.9 Å². The van der Waals surface area contributed by atoms with E-state index in [0.717, 1.165) is 12.8 Å². The molecule has 0 spiro atoms. The Kier molecular flexibility index (Phi) is 9.03. The maximum atomic E-state index is 12.5. The summed E-state index contributed by atoms with van der Waals surface area (Å²) in [5.74, 6) is -0.321. The lowest BCUT2D eigenvalue weighted by Gasteiger charge is -2.33. The molecule has 1 aromatic carbocycles. The van der Waals surface area contributed by atoms with Gasteiger partial charge in [-0.2, -0.15) is 5.26 Å². The third-order valence-electron chi connectivity index (χ3n) is 5.42. The molecule has 0 saturated heterocycles. The van der Waals surface area contributed by atoms with E-state index in [1.165, 1.54) is 0 Å². The van der Waals surface area contributed by atoms with Gasteiger partial charge in [0, 0.05) is 0 Å². The molecule has 3 unspecified atom stereocenters. The quantitative estimate of drug-likeness (QED) is 0.303. The van der Waals surface area contributed by atoms with E-state index in [2.05, 4.69) is 5.32 Å². The average Bonchev–Trinajstić information content (AvgIpc) is 2.71. The summed E-state index contributed by atoms with van der Waals surface area (Å²) < 4.78 is 6.01. The highest BCUT2D eigenvalue weighted by molar-refractivity contribution is 5.79. The molecule has 1 fully saturated rings. The Morgan fingerprint density at radius 1 is 1.39 bits per heavy atom. The van der Waals surface area contributed by atoms with Gasteiger partial charge in [-0.3, -0.25) is 4.79 Å². The molecule has 3 atom stereocenters. The second kappa shape index (κ2) is 11.5. The molecule has 0 radical (unpaired) electrons. The van der Waals surface area contributed by atoms with Crippen LogP contribution in [0.4, 0.5) is 0 Å². The van der Waals surface area contributed by atoms with Gasteiger partial charge in [0.25, 0.3) is 5.09 Å². The molecule has 170 valence electrons. The molecule has 1 aliphatic rings. The molecule has 0 aromatic heterocycles. The van der Waals surface area contributed by atoms with E-state index in [-0.39, 0.29) is 12.5 Å². The molecule has 1 aromatic rings. The molecule has 1 saturated carbocycles. The third-order valence-corrected chi connectivity index (χ3v) is 5.42. The van der Waals surface area contributed by atoms with Crippen molar-refractivity contribution in [2.75, 3.05) is 40.3 Å². The first-order chi connectivity index (χ1) is 14.7. The molecule has 1 aliphatic carbocycles. The van der Waals surface area contributed by atoms with Crippen LogP contribution in [0.25, 0.3) is 0 Å². The number of rotatable bonds is 11. The van der Waals surface area contributed by atoms with Gasteiger partial charge >= 0.3 is 0 Å². The number of amides is 1. The average molecular weight is 436 g/mol. The van der Waals surface area contributed by atoms with Gasteiger partial charge in [-0.25, -0.2) is 0 Å². The van der Waals surface area contributed by atoms with Crippen LogP contribution < -0.4 is 10.1 Å². The van der Waals surface area contributed by atoms with Gasteiger partial charge < -0.3 is 24.5 Å². The van der Waals surface area contributed by atoms with Crippen LogP contribution in [0, 0.1) is 27.4 Å². The zero-order valence-electron chi connectivity index (χ0n) is 18.0. The number of hydrogen-bond acceptors (Lipinski definition) is 7. The maximum absolute atomic E-state index is 12.5. The van der Waals surface area contributed by atoms with Gasteiger partial charge in [0.05, 0.1) is 38.7 Å². The van der Waals surface area contributed by atoms with Gasteiger partial charge in [0.2, 0.25) is 5.91 Å². The molecule has 0 bridgehead atoms. The van der Waals surface area contributed by atoms with Crippen LogP contribution in [0.5, 0.6) is 5.75 Å². The lowest BCUT2D eigenvalue weighted by molar-refractivity contribution is -0.892. The summed E-state index contributed by atoms with van der Waals surface area (Å²) in [6.45, 7) is 1.37. The number of hydrogen-bond donors (Lipinski definition) is 2. The molecule has 2 N–H and O–H groups in total. The SMILES string of the molecule is C[N+](C)(CCNC(=O)C1CCCCC1O[N+](=O)[O-])CC(O)COc1ccccc1C#N. The Bertz CT molecular complexity index is 794. The van der Waals surface area contributed by atoms with Crippen LogP contribution in [0.15, 0.2) is 24.3 Å². The third kappa shape index (κ3) is 8.03. The van der Waals surface area contributed by atoms with Crippen LogP contribution in [-0.4, -0.2) is 73.1 Å². The Morgan fingerprint density at radius 3 is 2.81 bits per heavy atom. The highest BCUT2D eigenvalue weighted by atomic mass is 17.0. The highest BCUT2D eigenvalue weighted by Crippen LogP contribution is 2.27. The summed E-state index contributed by atoms with van der Waals surface area (Å²) in [5, 5.41) is 32.1. The Morgan fingerprint density at radius 2 is 2.10 bits per heavy atom. The van der Waals surface area contributed by atoms with E-state index in [1.54, 1.807) is 24.3 Å². The zero-order chi connectivity index (χ0) is 22.9. The number of benzene rings is 1. The smallest absolute Gasteiger partial charge is 0.294 e. The van der Waals surface area contributed by atoms with E-state index in [4.69, 9.17) is 14.8 Å². The summed E-state index contributed by atoms with van der Waals surface area (Å²) in [4.78, 5) is 27.9. The number of quaternary nitrogens is 1. The van der Waals surface area contributed by atoms with Crippen LogP contribution in [0.1, 0.15) is 31.2 Å². The molecule has 31 heavy (non-hydrogen) atoms. The summed E-state index contributed by atoms with van der Waals surface area (Å²) in [6.07, 6.45) is 1.28. The minimum atomic E-state index is -0.825. The van der Waals surface area contributed by atoms with Crippen molar-refractivity contribution in [1.82, 2.24) is 5.32 Å². The number of aliphatic hydroxyl groups is 1. The Hall–Kier alpha value is -2.90. The number of nitrogens with zero attached hydrogens (tertiary/aromatic N) is 3. The minimum absolute atomic E-state index is 0.0503. The van der Waals surface area contributed by atoms with E-state index in [1.807, 2.05) is 20.2 Å². The number of para-hydroxylation sites is 1. The van der Waals surface area contributed by atoms with E-state index < -0.39 is 23.2 Å². The highest BCUT2D eigenvalue weighted by Gasteiger charge is 2.33. The van der Waals surface area contributed by atoms with E-state index in [9.17, 15) is 20.0 Å². The topological polar surface area (TPSA) is 135 Å². The Balaban J connectivity index is 1.76.